The Hall–Kier alpha value is -1.30. The number of hydrogen-bond donors (Lipinski definition) is 0. The van der Waals surface area contributed by atoms with Gasteiger partial charge in [0.2, 0.25) is 5.69 Å². The monoisotopic (exact) mass is 191 g/mol. The Kier molecular flexibility index (Phi) is 2.66. The second kappa shape index (κ2) is 3.45. The third-order valence-electron chi connectivity index (χ3n) is 2.07. The van der Waals surface area contributed by atoms with Gasteiger partial charge < -0.3 is 0 Å². The van der Waals surface area contributed by atoms with Gasteiger partial charge in [-0.3, -0.25) is 4.68 Å². The predicted molar refractivity (Wildman–Crippen MR) is 57.6 cm³/mol. The second-order valence-corrected chi connectivity index (χ2v) is 4.80. The zero-order chi connectivity index (χ0) is 10.9. The van der Waals surface area contributed by atoms with E-state index in [2.05, 4.69) is 44.6 Å². The van der Waals surface area contributed by atoms with Crippen LogP contribution >= 0.6 is 0 Å². The van der Waals surface area contributed by atoms with Crippen LogP contribution in [0.3, 0.4) is 0 Å². The molecule has 0 atom stereocenters. The minimum Gasteiger partial charge on any atom is -0.282 e. The lowest BCUT2D eigenvalue weighted by Gasteiger charge is -2.16. The van der Waals surface area contributed by atoms with Gasteiger partial charge in [-0.1, -0.05) is 20.8 Å². The van der Waals surface area contributed by atoms with Crippen LogP contribution in [0, 0.1) is 6.57 Å². The Labute approximate surface area is 85.6 Å². The summed E-state index contributed by atoms with van der Waals surface area (Å²) in [7, 11) is 0. The van der Waals surface area contributed by atoms with Gasteiger partial charge in [0.05, 0.1) is 12.3 Å². The van der Waals surface area contributed by atoms with Crippen molar-refractivity contribution < 1.29 is 0 Å². The lowest BCUT2D eigenvalue weighted by atomic mass is 9.91. The summed E-state index contributed by atoms with van der Waals surface area (Å²) in [5.41, 5.74) is 1.51. The molecule has 1 rings (SSSR count). The highest BCUT2D eigenvalue weighted by Gasteiger charge is 2.22. The van der Waals surface area contributed by atoms with Crippen LogP contribution in [0.25, 0.3) is 4.85 Å². The summed E-state index contributed by atoms with van der Waals surface area (Å²) < 4.78 is 1.86. The van der Waals surface area contributed by atoms with Gasteiger partial charge in [0.1, 0.15) is 0 Å². The minimum absolute atomic E-state index is 0.0555. The molecule has 0 saturated carbocycles. The van der Waals surface area contributed by atoms with E-state index in [0.717, 1.165) is 5.69 Å². The summed E-state index contributed by atoms with van der Waals surface area (Å²) in [5.74, 6) is 0. The predicted octanol–water partition coefficient (Wildman–Crippen LogP) is 3.31. The Morgan fingerprint density at radius 2 is 2.00 bits per heavy atom. The first-order valence-electron chi connectivity index (χ1n) is 4.83. The average Bonchev–Trinajstić information content (AvgIpc) is 2.46. The van der Waals surface area contributed by atoms with E-state index in [9.17, 15) is 0 Å². The molecule has 0 N–H and O–H groups in total. The standard InChI is InChI=1S/C11H17N3/c1-8(2)14-7-9(12-6)10(13-14)11(3,4)5/h7-8H,1-5H3. The molecular weight excluding hydrogens is 174 g/mol. The molecule has 3 nitrogen and oxygen atoms in total. The zero-order valence-corrected chi connectivity index (χ0v) is 9.50. The summed E-state index contributed by atoms with van der Waals surface area (Å²) in [6.45, 7) is 17.4. The summed E-state index contributed by atoms with van der Waals surface area (Å²) >= 11 is 0. The fourth-order valence-corrected chi connectivity index (χ4v) is 1.26. The molecule has 0 aliphatic carbocycles. The molecule has 1 aromatic heterocycles. The Balaban J connectivity index is 3.24. The van der Waals surface area contributed by atoms with Gasteiger partial charge in [-0.2, -0.15) is 5.10 Å². The number of hydrogen-bond acceptors (Lipinski definition) is 1. The topological polar surface area (TPSA) is 22.2 Å². The highest BCUT2D eigenvalue weighted by molar-refractivity contribution is 5.50. The Bertz CT molecular complexity index is 361. The van der Waals surface area contributed by atoms with Crippen LogP contribution in [-0.4, -0.2) is 9.78 Å². The molecule has 3 heteroatoms. The molecule has 0 fully saturated rings. The van der Waals surface area contributed by atoms with Crippen molar-refractivity contribution in [1.29, 1.82) is 0 Å². The van der Waals surface area contributed by atoms with Crippen LogP contribution in [0.15, 0.2) is 6.20 Å². The molecule has 76 valence electrons. The van der Waals surface area contributed by atoms with Crippen molar-refractivity contribution in [3.05, 3.63) is 23.3 Å². The Morgan fingerprint density at radius 3 is 2.29 bits per heavy atom. The van der Waals surface area contributed by atoms with E-state index in [1.54, 1.807) is 0 Å². The van der Waals surface area contributed by atoms with Gasteiger partial charge in [-0.15, -0.1) is 0 Å². The van der Waals surface area contributed by atoms with Crippen LogP contribution < -0.4 is 0 Å². The van der Waals surface area contributed by atoms with Gasteiger partial charge in [0.15, 0.2) is 0 Å². The van der Waals surface area contributed by atoms with Crippen molar-refractivity contribution in [1.82, 2.24) is 9.78 Å². The normalized spacial score (nSPS) is 11.8. The molecule has 0 amide bonds. The Morgan fingerprint density at radius 1 is 1.43 bits per heavy atom. The van der Waals surface area contributed by atoms with E-state index in [4.69, 9.17) is 6.57 Å². The smallest absolute Gasteiger partial charge is 0.227 e. The number of rotatable bonds is 1. The molecule has 0 saturated heterocycles. The summed E-state index contributed by atoms with van der Waals surface area (Å²) in [6, 6.07) is 0.312. The molecule has 1 aromatic rings. The van der Waals surface area contributed by atoms with Crippen molar-refractivity contribution in [2.24, 2.45) is 0 Å². The van der Waals surface area contributed by atoms with Gasteiger partial charge in [0, 0.05) is 12.2 Å². The van der Waals surface area contributed by atoms with Crippen molar-refractivity contribution in [3.63, 3.8) is 0 Å². The fourth-order valence-electron chi connectivity index (χ4n) is 1.26. The van der Waals surface area contributed by atoms with Crippen LogP contribution in [0.1, 0.15) is 46.4 Å². The largest absolute Gasteiger partial charge is 0.282 e. The SMILES string of the molecule is [C-]#[N+]c1cn(C(C)C)nc1C(C)(C)C. The molecule has 0 radical (unpaired) electrons. The van der Waals surface area contributed by atoms with Crippen molar-refractivity contribution in [3.8, 4) is 0 Å². The molecule has 0 aliphatic rings. The van der Waals surface area contributed by atoms with Crippen molar-refractivity contribution >= 4 is 5.69 Å². The fraction of sp³-hybridized carbons (Fsp3) is 0.636. The van der Waals surface area contributed by atoms with Gasteiger partial charge in [-0.25, -0.2) is 4.85 Å². The lowest BCUT2D eigenvalue weighted by Crippen LogP contribution is -2.13. The first kappa shape index (κ1) is 10.8. The van der Waals surface area contributed by atoms with Crippen LogP contribution in [0.2, 0.25) is 0 Å². The quantitative estimate of drug-likeness (QED) is 0.624. The van der Waals surface area contributed by atoms with Crippen LogP contribution in [-0.2, 0) is 5.41 Å². The highest BCUT2D eigenvalue weighted by atomic mass is 15.3. The zero-order valence-electron chi connectivity index (χ0n) is 9.50. The first-order chi connectivity index (χ1) is 6.36. The number of aromatic nitrogens is 2. The molecule has 0 spiro atoms. The number of nitrogens with zero attached hydrogens (tertiary/aromatic N) is 3. The molecule has 0 bridgehead atoms. The van der Waals surface area contributed by atoms with Gasteiger partial charge in [0.25, 0.3) is 0 Å². The van der Waals surface area contributed by atoms with E-state index in [-0.39, 0.29) is 5.41 Å². The highest BCUT2D eigenvalue weighted by Crippen LogP contribution is 2.30. The molecule has 0 unspecified atom stereocenters. The minimum atomic E-state index is -0.0555. The maximum Gasteiger partial charge on any atom is 0.227 e. The second-order valence-electron chi connectivity index (χ2n) is 4.80. The van der Waals surface area contributed by atoms with E-state index in [1.165, 1.54) is 0 Å². The average molecular weight is 191 g/mol. The summed E-state index contributed by atoms with van der Waals surface area (Å²) in [5, 5.41) is 4.45. The van der Waals surface area contributed by atoms with E-state index in [1.807, 2.05) is 10.9 Å². The summed E-state index contributed by atoms with van der Waals surface area (Å²) in [6.07, 6.45) is 1.83. The maximum absolute atomic E-state index is 7.09. The first-order valence-corrected chi connectivity index (χ1v) is 4.83. The van der Waals surface area contributed by atoms with E-state index >= 15 is 0 Å². The molecular formula is C11H17N3. The summed E-state index contributed by atoms with van der Waals surface area (Å²) in [4.78, 5) is 3.51. The molecule has 1 heterocycles. The van der Waals surface area contributed by atoms with E-state index < -0.39 is 0 Å². The third-order valence-corrected chi connectivity index (χ3v) is 2.07. The molecule has 14 heavy (non-hydrogen) atoms. The van der Waals surface area contributed by atoms with Crippen molar-refractivity contribution in [2.45, 2.75) is 46.1 Å². The molecule has 0 aromatic carbocycles. The van der Waals surface area contributed by atoms with Crippen LogP contribution in [0.4, 0.5) is 5.69 Å². The third kappa shape index (κ3) is 1.95. The van der Waals surface area contributed by atoms with E-state index in [0.29, 0.717) is 11.7 Å². The molecule has 0 aliphatic heterocycles. The van der Waals surface area contributed by atoms with Gasteiger partial charge >= 0.3 is 0 Å². The van der Waals surface area contributed by atoms with Crippen molar-refractivity contribution in [2.75, 3.05) is 0 Å². The maximum atomic E-state index is 7.09. The van der Waals surface area contributed by atoms with Gasteiger partial charge in [-0.05, 0) is 19.3 Å². The van der Waals surface area contributed by atoms with Crippen LogP contribution in [0.5, 0.6) is 0 Å². The lowest BCUT2D eigenvalue weighted by molar-refractivity contribution is 0.495.